The van der Waals surface area contributed by atoms with Crippen molar-refractivity contribution in [2.75, 3.05) is 7.05 Å². The van der Waals surface area contributed by atoms with Crippen LogP contribution in [0.4, 0.5) is 0 Å². The third kappa shape index (κ3) is 4.65. The Morgan fingerprint density at radius 2 is 1.92 bits per heavy atom. The normalized spacial score (nSPS) is 11.6. The van der Waals surface area contributed by atoms with Crippen LogP contribution in [0.15, 0.2) is 48.7 Å². The number of hydrogen-bond acceptors (Lipinski definition) is 3. The van der Waals surface area contributed by atoms with Crippen LogP contribution in [0.2, 0.25) is 0 Å². The Morgan fingerprint density at radius 3 is 2.58 bits per heavy atom. The number of nitrogens with zero attached hydrogens (tertiary/aromatic N) is 2. The maximum atomic E-state index is 12.6. The van der Waals surface area contributed by atoms with Crippen LogP contribution in [-0.2, 0) is 6.54 Å². The number of carbonyl (C=O) groups excluding carboxylic acids is 2. The molecule has 0 aliphatic carbocycles. The molecule has 1 aromatic carbocycles. The number of amides is 2. The largest absolute Gasteiger partial charge is 0.348 e. The van der Waals surface area contributed by atoms with Gasteiger partial charge in [-0.2, -0.15) is 0 Å². The molecule has 1 N–H and O–H groups in total. The van der Waals surface area contributed by atoms with Gasteiger partial charge in [-0.05, 0) is 31.0 Å². The van der Waals surface area contributed by atoms with Gasteiger partial charge in [0.1, 0.15) is 5.69 Å². The molecule has 1 aromatic heterocycles. The van der Waals surface area contributed by atoms with Gasteiger partial charge in [0.2, 0.25) is 0 Å². The minimum Gasteiger partial charge on any atom is -0.348 e. The summed E-state index contributed by atoms with van der Waals surface area (Å²) in [5.74, 6) is -0.399. The first-order chi connectivity index (χ1) is 11.5. The van der Waals surface area contributed by atoms with Crippen molar-refractivity contribution in [3.8, 4) is 0 Å². The summed E-state index contributed by atoms with van der Waals surface area (Å²) < 4.78 is 0. The Morgan fingerprint density at radius 1 is 1.21 bits per heavy atom. The molecule has 2 rings (SSSR count). The fourth-order valence-corrected chi connectivity index (χ4v) is 2.24. The molecule has 0 saturated carbocycles. The monoisotopic (exact) mass is 325 g/mol. The lowest BCUT2D eigenvalue weighted by atomic mass is 10.1. The Kier molecular flexibility index (Phi) is 6.07. The molecule has 2 aromatic rings. The molecular formula is C19H23N3O2. The molecule has 5 nitrogen and oxygen atoms in total. The summed E-state index contributed by atoms with van der Waals surface area (Å²) in [6, 6.07) is 13.0. The predicted molar refractivity (Wildman–Crippen MR) is 93.7 cm³/mol. The molecule has 5 heteroatoms. The second-order valence-electron chi connectivity index (χ2n) is 5.86. The summed E-state index contributed by atoms with van der Waals surface area (Å²) in [6.45, 7) is 4.44. The van der Waals surface area contributed by atoms with Crippen LogP contribution in [0, 0.1) is 0 Å². The van der Waals surface area contributed by atoms with E-state index in [4.69, 9.17) is 0 Å². The van der Waals surface area contributed by atoms with E-state index >= 15 is 0 Å². The SMILES string of the molecule is CCC(C)NC(=O)c1cc(C(=O)N(C)Cc2ccccc2)ccn1. The number of nitrogens with one attached hydrogen (secondary N) is 1. The molecule has 0 aliphatic rings. The summed E-state index contributed by atoms with van der Waals surface area (Å²) in [6.07, 6.45) is 2.33. The van der Waals surface area contributed by atoms with Crippen LogP contribution in [0.5, 0.6) is 0 Å². The first-order valence-corrected chi connectivity index (χ1v) is 8.07. The first kappa shape index (κ1) is 17.7. The lowest BCUT2D eigenvalue weighted by Crippen LogP contribution is -2.33. The van der Waals surface area contributed by atoms with Crippen molar-refractivity contribution in [1.82, 2.24) is 15.2 Å². The number of benzene rings is 1. The van der Waals surface area contributed by atoms with Crippen LogP contribution in [-0.4, -0.2) is 34.8 Å². The van der Waals surface area contributed by atoms with Crippen molar-refractivity contribution >= 4 is 11.8 Å². The van der Waals surface area contributed by atoms with Crippen LogP contribution in [0.3, 0.4) is 0 Å². The average Bonchev–Trinajstić information content (AvgIpc) is 2.61. The van der Waals surface area contributed by atoms with Gasteiger partial charge >= 0.3 is 0 Å². The van der Waals surface area contributed by atoms with E-state index in [0.29, 0.717) is 12.1 Å². The van der Waals surface area contributed by atoms with E-state index in [1.807, 2.05) is 44.2 Å². The summed E-state index contributed by atoms with van der Waals surface area (Å²) in [5.41, 5.74) is 1.77. The van der Waals surface area contributed by atoms with Gasteiger partial charge in [0.05, 0.1) is 0 Å². The second-order valence-corrected chi connectivity index (χ2v) is 5.86. The summed E-state index contributed by atoms with van der Waals surface area (Å²) in [5, 5.41) is 2.85. The van der Waals surface area contributed by atoms with Crippen molar-refractivity contribution in [3.63, 3.8) is 0 Å². The maximum Gasteiger partial charge on any atom is 0.270 e. The van der Waals surface area contributed by atoms with Crippen LogP contribution < -0.4 is 5.32 Å². The van der Waals surface area contributed by atoms with Crippen molar-refractivity contribution in [1.29, 1.82) is 0 Å². The standard InChI is InChI=1S/C19H23N3O2/c1-4-14(2)21-18(23)17-12-16(10-11-20-17)19(24)22(3)13-15-8-6-5-7-9-15/h5-12,14H,4,13H2,1-3H3,(H,21,23). The quantitative estimate of drug-likeness (QED) is 0.888. The number of rotatable bonds is 6. The van der Waals surface area contributed by atoms with E-state index in [1.165, 1.54) is 6.20 Å². The molecule has 1 heterocycles. The van der Waals surface area contributed by atoms with Crippen LogP contribution in [0.1, 0.15) is 46.7 Å². The van der Waals surface area contributed by atoms with Gasteiger partial charge in [0, 0.05) is 31.4 Å². The van der Waals surface area contributed by atoms with Gasteiger partial charge in [-0.3, -0.25) is 14.6 Å². The number of hydrogen-bond donors (Lipinski definition) is 1. The minimum atomic E-state index is -0.260. The average molecular weight is 325 g/mol. The molecule has 0 radical (unpaired) electrons. The second kappa shape index (κ2) is 8.24. The minimum absolute atomic E-state index is 0.0689. The maximum absolute atomic E-state index is 12.6. The van der Waals surface area contributed by atoms with Gasteiger partial charge in [0.15, 0.2) is 0 Å². The zero-order chi connectivity index (χ0) is 17.5. The summed E-state index contributed by atoms with van der Waals surface area (Å²) in [4.78, 5) is 30.4. The Labute approximate surface area is 142 Å². The zero-order valence-corrected chi connectivity index (χ0v) is 14.3. The molecule has 0 fully saturated rings. The highest BCUT2D eigenvalue weighted by atomic mass is 16.2. The fourth-order valence-electron chi connectivity index (χ4n) is 2.24. The number of pyridine rings is 1. The third-order valence-electron chi connectivity index (χ3n) is 3.84. The Bertz CT molecular complexity index is 701. The fraction of sp³-hybridized carbons (Fsp3) is 0.316. The van der Waals surface area contributed by atoms with E-state index in [9.17, 15) is 9.59 Å². The molecule has 1 atom stereocenters. The molecule has 0 saturated heterocycles. The van der Waals surface area contributed by atoms with E-state index < -0.39 is 0 Å². The molecular weight excluding hydrogens is 302 g/mol. The number of aromatic nitrogens is 1. The molecule has 1 unspecified atom stereocenters. The lowest BCUT2D eigenvalue weighted by molar-refractivity contribution is 0.0785. The Hall–Kier alpha value is -2.69. The van der Waals surface area contributed by atoms with Crippen LogP contribution in [0.25, 0.3) is 0 Å². The predicted octanol–water partition coefficient (Wildman–Crippen LogP) is 2.88. The summed E-state index contributed by atoms with van der Waals surface area (Å²) in [7, 11) is 1.74. The van der Waals surface area contributed by atoms with Crippen molar-refractivity contribution < 1.29 is 9.59 Å². The molecule has 126 valence electrons. The lowest BCUT2D eigenvalue weighted by Gasteiger charge is -2.18. The zero-order valence-electron chi connectivity index (χ0n) is 14.3. The Balaban J connectivity index is 2.09. The van der Waals surface area contributed by atoms with Crippen molar-refractivity contribution in [2.45, 2.75) is 32.9 Å². The van der Waals surface area contributed by atoms with Gasteiger partial charge in [-0.1, -0.05) is 37.3 Å². The van der Waals surface area contributed by atoms with E-state index in [0.717, 1.165) is 12.0 Å². The topological polar surface area (TPSA) is 62.3 Å². The molecule has 0 aliphatic heterocycles. The van der Waals surface area contributed by atoms with Gasteiger partial charge < -0.3 is 10.2 Å². The van der Waals surface area contributed by atoms with Gasteiger partial charge in [0.25, 0.3) is 11.8 Å². The van der Waals surface area contributed by atoms with Crippen LogP contribution >= 0.6 is 0 Å². The molecule has 2 amide bonds. The van der Waals surface area contributed by atoms with Crippen molar-refractivity contribution in [2.24, 2.45) is 0 Å². The van der Waals surface area contributed by atoms with Crippen molar-refractivity contribution in [3.05, 3.63) is 65.5 Å². The third-order valence-corrected chi connectivity index (χ3v) is 3.84. The van der Waals surface area contributed by atoms with Gasteiger partial charge in [-0.15, -0.1) is 0 Å². The van der Waals surface area contributed by atoms with E-state index in [1.54, 1.807) is 24.1 Å². The first-order valence-electron chi connectivity index (χ1n) is 8.07. The smallest absolute Gasteiger partial charge is 0.270 e. The molecule has 24 heavy (non-hydrogen) atoms. The highest BCUT2D eigenvalue weighted by Crippen LogP contribution is 2.09. The van der Waals surface area contributed by atoms with Gasteiger partial charge in [-0.25, -0.2) is 0 Å². The summed E-state index contributed by atoms with van der Waals surface area (Å²) >= 11 is 0. The molecule has 0 bridgehead atoms. The highest BCUT2D eigenvalue weighted by molar-refractivity contribution is 5.98. The highest BCUT2D eigenvalue weighted by Gasteiger charge is 2.16. The molecule has 0 spiro atoms. The number of carbonyl (C=O) groups is 2. The van der Waals surface area contributed by atoms with E-state index in [-0.39, 0.29) is 23.6 Å². The van der Waals surface area contributed by atoms with E-state index in [2.05, 4.69) is 10.3 Å².